The van der Waals surface area contributed by atoms with Crippen molar-refractivity contribution < 1.29 is 46.6 Å². The molecule has 1 aromatic rings. The minimum atomic E-state index is -3.90. The van der Waals surface area contributed by atoms with Crippen LogP contribution in [-0.2, 0) is 51.7 Å². The predicted molar refractivity (Wildman–Crippen MR) is 180 cm³/mol. The molecule has 2 saturated carbocycles. The third-order valence-corrected chi connectivity index (χ3v) is 12.5. The summed E-state index contributed by atoms with van der Waals surface area (Å²) in [5.41, 5.74) is 0.493. The van der Waals surface area contributed by atoms with Gasteiger partial charge in [-0.05, 0) is 49.7 Å². The van der Waals surface area contributed by atoms with Crippen molar-refractivity contribution in [2.45, 2.75) is 112 Å². The Balaban J connectivity index is 1.12. The summed E-state index contributed by atoms with van der Waals surface area (Å²) in [6.45, 7) is 1.35. The summed E-state index contributed by atoms with van der Waals surface area (Å²) >= 11 is 0. The van der Waals surface area contributed by atoms with E-state index in [0.717, 1.165) is 24.0 Å². The van der Waals surface area contributed by atoms with E-state index < -0.39 is 80.9 Å². The largest absolute Gasteiger partial charge is 0.444 e. The Morgan fingerprint density at radius 3 is 2.43 bits per heavy atom. The minimum Gasteiger partial charge on any atom is -0.444 e. The fourth-order valence-corrected chi connectivity index (χ4v) is 8.82. The predicted octanol–water partition coefficient (Wildman–Crippen LogP) is 2.00. The first-order valence-electron chi connectivity index (χ1n) is 17.9. The molecule has 0 unspecified atom stereocenters. The first kappa shape index (κ1) is 35.2. The quantitative estimate of drug-likeness (QED) is 0.366. The Morgan fingerprint density at radius 2 is 1.73 bits per heavy atom. The van der Waals surface area contributed by atoms with Crippen LogP contribution in [-0.4, -0.2) is 103 Å². The molecule has 0 bridgehead atoms. The number of carbonyl (C=O) groups is 5. The number of alkyl carbamates (subject to hydrolysis) is 1. The normalized spacial score (nSPS) is 31.6. The first-order chi connectivity index (χ1) is 24.5. The van der Waals surface area contributed by atoms with Gasteiger partial charge in [0.15, 0.2) is 0 Å². The standard InChI is InChI=1S/C35H45N5O10S/c41-30-29-16-26(50-34(45)39-18-22-8-6-7-9-23(22)19-39)20-40(29)31(42)28(36-33(44)49-25-14-15-48-21-25)11-5-3-1-2-4-10-24-17-35(24,37-30)32(43)38-51(46,47)27-12-13-27/h4,6-10,24-29H,1-3,5,11-21H2,(H,36,44)(H,37,41)(H,38,43)/b10-4-/t24-,25-,26-,28+,29+,35-/m1/s1. The summed E-state index contributed by atoms with van der Waals surface area (Å²) in [6, 6.07) is 5.48. The van der Waals surface area contributed by atoms with E-state index in [1.807, 2.05) is 36.4 Å². The minimum absolute atomic E-state index is 0.0563. The fourth-order valence-electron chi connectivity index (χ4n) is 7.46. The van der Waals surface area contributed by atoms with Crippen molar-refractivity contribution in [1.82, 2.24) is 25.2 Å². The van der Waals surface area contributed by atoms with Crippen LogP contribution >= 0.6 is 0 Å². The lowest BCUT2D eigenvalue weighted by Crippen LogP contribution is -2.58. The Morgan fingerprint density at radius 1 is 0.961 bits per heavy atom. The third-order valence-electron chi connectivity index (χ3n) is 10.7. The van der Waals surface area contributed by atoms with Gasteiger partial charge in [0.2, 0.25) is 21.8 Å². The number of amides is 5. The van der Waals surface area contributed by atoms with E-state index in [1.54, 1.807) is 4.90 Å². The van der Waals surface area contributed by atoms with Crippen LogP contribution in [0.5, 0.6) is 0 Å². The first-order valence-corrected chi connectivity index (χ1v) is 19.5. The molecule has 4 heterocycles. The highest BCUT2D eigenvalue weighted by Crippen LogP contribution is 2.46. The SMILES string of the molecule is O=C(N[C@H]1CCCCC/C=C\[C@@H]2C[C@@]2(C(=O)NS(=O)(=O)C2CC2)NC(=O)[C@@H]2C[C@@H](OC(=O)N3Cc4ccccc4C3)CN2C1=O)O[C@@H]1CCOC1. The van der Waals surface area contributed by atoms with Crippen molar-refractivity contribution in [3.63, 3.8) is 0 Å². The van der Waals surface area contributed by atoms with Crippen LogP contribution in [0.15, 0.2) is 36.4 Å². The number of ether oxygens (including phenoxy) is 3. The van der Waals surface area contributed by atoms with Crippen molar-refractivity contribution in [1.29, 1.82) is 0 Å². The average Bonchev–Trinajstić information content (AvgIpc) is 3.88. The van der Waals surface area contributed by atoms with Gasteiger partial charge < -0.3 is 29.7 Å². The Kier molecular flexibility index (Phi) is 9.98. The van der Waals surface area contributed by atoms with E-state index in [4.69, 9.17) is 14.2 Å². The second-order valence-corrected chi connectivity index (χ2v) is 16.4. The molecule has 2 aliphatic carbocycles. The van der Waals surface area contributed by atoms with Gasteiger partial charge in [0.05, 0.1) is 25.0 Å². The number of carbonyl (C=O) groups excluding carboxylic acids is 5. The maximum Gasteiger partial charge on any atom is 0.410 e. The van der Waals surface area contributed by atoms with Crippen LogP contribution in [0.25, 0.3) is 0 Å². The number of nitrogens with zero attached hydrogens (tertiary/aromatic N) is 2. The van der Waals surface area contributed by atoms with Gasteiger partial charge in [-0.2, -0.15) is 0 Å². The van der Waals surface area contributed by atoms with Crippen molar-refractivity contribution in [3.8, 4) is 0 Å². The van der Waals surface area contributed by atoms with Crippen molar-refractivity contribution in [2.75, 3.05) is 19.8 Å². The van der Waals surface area contributed by atoms with Crippen LogP contribution in [0.1, 0.15) is 75.3 Å². The average molecular weight is 728 g/mol. The number of benzene rings is 1. The van der Waals surface area contributed by atoms with Gasteiger partial charge in [0.1, 0.15) is 29.8 Å². The number of rotatable bonds is 6. The highest BCUT2D eigenvalue weighted by Gasteiger charge is 2.62. The Bertz CT molecular complexity index is 1670. The van der Waals surface area contributed by atoms with E-state index in [-0.39, 0.29) is 32.4 Å². The van der Waals surface area contributed by atoms with E-state index in [2.05, 4.69) is 15.4 Å². The van der Waals surface area contributed by atoms with Crippen molar-refractivity contribution >= 4 is 39.9 Å². The molecule has 3 N–H and O–H groups in total. The molecule has 51 heavy (non-hydrogen) atoms. The molecule has 0 aromatic heterocycles. The van der Waals surface area contributed by atoms with Crippen LogP contribution in [0.2, 0.25) is 0 Å². The molecule has 5 amide bonds. The molecule has 1 aromatic carbocycles. The van der Waals surface area contributed by atoms with Gasteiger partial charge in [0, 0.05) is 31.8 Å². The van der Waals surface area contributed by atoms with E-state index in [9.17, 15) is 32.4 Å². The van der Waals surface area contributed by atoms with Crippen molar-refractivity contribution in [2.24, 2.45) is 5.92 Å². The Labute approximate surface area is 296 Å². The van der Waals surface area contributed by atoms with Gasteiger partial charge in [0.25, 0.3) is 5.91 Å². The van der Waals surface area contributed by atoms with Gasteiger partial charge in [-0.1, -0.05) is 49.3 Å². The van der Waals surface area contributed by atoms with Crippen molar-refractivity contribution in [3.05, 3.63) is 47.5 Å². The lowest BCUT2D eigenvalue weighted by molar-refractivity contribution is -0.141. The van der Waals surface area contributed by atoms with Gasteiger partial charge >= 0.3 is 12.2 Å². The highest BCUT2D eigenvalue weighted by atomic mass is 32.2. The number of allylic oxidation sites excluding steroid dienone is 1. The zero-order chi connectivity index (χ0) is 35.8. The molecule has 7 rings (SSSR count). The third kappa shape index (κ3) is 7.86. The zero-order valence-corrected chi connectivity index (χ0v) is 29.2. The second kappa shape index (κ2) is 14.4. The molecular weight excluding hydrogens is 682 g/mol. The molecular formula is C35H45N5O10S. The lowest BCUT2D eigenvalue weighted by atomic mass is 10.0. The van der Waals surface area contributed by atoms with Gasteiger partial charge in [-0.25, -0.2) is 18.0 Å². The zero-order valence-electron chi connectivity index (χ0n) is 28.4. The molecule has 15 nitrogen and oxygen atoms in total. The van der Waals surface area contributed by atoms with Gasteiger partial charge in [-0.3, -0.25) is 24.0 Å². The molecule has 4 fully saturated rings. The second-order valence-electron chi connectivity index (χ2n) is 14.5. The molecule has 0 spiro atoms. The van der Waals surface area contributed by atoms with Crippen LogP contribution < -0.4 is 15.4 Å². The molecule has 4 aliphatic heterocycles. The number of nitrogens with one attached hydrogen (secondary N) is 3. The van der Waals surface area contributed by atoms with Crippen LogP contribution in [0.3, 0.4) is 0 Å². The fraction of sp³-hybridized carbons (Fsp3) is 0.629. The number of hydrogen-bond donors (Lipinski definition) is 3. The van der Waals surface area contributed by atoms with Crippen LogP contribution in [0, 0.1) is 5.92 Å². The summed E-state index contributed by atoms with van der Waals surface area (Å²) in [5, 5.41) is 4.89. The Hall–Kier alpha value is -4.18. The lowest BCUT2D eigenvalue weighted by Gasteiger charge is -2.30. The summed E-state index contributed by atoms with van der Waals surface area (Å²) in [7, 11) is -3.90. The summed E-state index contributed by atoms with van der Waals surface area (Å²) in [4.78, 5) is 71.3. The summed E-state index contributed by atoms with van der Waals surface area (Å²) < 4.78 is 44.4. The number of hydrogen-bond acceptors (Lipinski definition) is 10. The molecule has 6 aliphatic rings. The smallest absolute Gasteiger partial charge is 0.410 e. The molecule has 6 atom stereocenters. The van der Waals surface area contributed by atoms with Gasteiger partial charge in [-0.15, -0.1) is 0 Å². The molecule has 2 saturated heterocycles. The number of fused-ring (bicyclic) bond motifs is 3. The van der Waals surface area contributed by atoms with E-state index >= 15 is 0 Å². The maximum atomic E-state index is 14.3. The summed E-state index contributed by atoms with van der Waals surface area (Å²) in [6.07, 6.45) is 5.82. The van der Waals surface area contributed by atoms with Crippen LogP contribution in [0.4, 0.5) is 9.59 Å². The highest BCUT2D eigenvalue weighted by molar-refractivity contribution is 7.91. The number of sulfonamides is 1. The molecule has 0 radical (unpaired) electrons. The monoisotopic (exact) mass is 727 g/mol. The summed E-state index contributed by atoms with van der Waals surface area (Å²) in [5.74, 6) is -2.48. The van der Waals surface area contributed by atoms with E-state index in [0.29, 0.717) is 51.8 Å². The topological polar surface area (TPSA) is 190 Å². The molecule has 16 heteroatoms. The maximum absolute atomic E-state index is 14.3. The van der Waals surface area contributed by atoms with E-state index in [1.165, 1.54) is 4.90 Å². The molecule has 276 valence electrons.